The zero-order valence-corrected chi connectivity index (χ0v) is 16.0. The first-order valence-corrected chi connectivity index (χ1v) is 10.4. The number of hydrogen-bond donors (Lipinski definition) is 2. The average Bonchev–Trinajstić information content (AvgIpc) is 3.20. The van der Waals surface area contributed by atoms with E-state index in [0.29, 0.717) is 11.2 Å². The molecule has 4 rings (SSSR count). The fourth-order valence-corrected chi connectivity index (χ4v) is 4.78. The SMILES string of the molecule is O=C(O)Cc1cn(C2CCCC2)c2cc(NC3CCCCC3)c(F)cc2c1=O. The van der Waals surface area contributed by atoms with Gasteiger partial charge < -0.3 is 15.0 Å². The van der Waals surface area contributed by atoms with Crippen LogP contribution in [0.15, 0.2) is 23.1 Å². The van der Waals surface area contributed by atoms with E-state index < -0.39 is 11.8 Å². The molecule has 2 saturated carbocycles. The van der Waals surface area contributed by atoms with Crippen LogP contribution in [0.3, 0.4) is 0 Å². The molecule has 5 nitrogen and oxygen atoms in total. The maximum atomic E-state index is 14.8. The largest absolute Gasteiger partial charge is 0.481 e. The first kappa shape index (κ1) is 19.0. The summed E-state index contributed by atoms with van der Waals surface area (Å²) < 4.78 is 16.9. The molecule has 0 radical (unpaired) electrons. The van der Waals surface area contributed by atoms with Gasteiger partial charge >= 0.3 is 5.97 Å². The third-order valence-electron chi connectivity index (χ3n) is 6.22. The van der Waals surface area contributed by atoms with E-state index in [1.54, 1.807) is 12.3 Å². The summed E-state index contributed by atoms with van der Waals surface area (Å²) in [7, 11) is 0. The van der Waals surface area contributed by atoms with Crippen molar-refractivity contribution >= 4 is 22.6 Å². The fraction of sp³-hybridized carbons (Fsp3) is 0.545. The lowest BCUT2D eigenvalue weighted by atomic mass is 9.95. The molecule has 2 aliphatic rings. The number of carboxylic acids is 1. The molecule has 0 spiro atoms. The molecule has 0 atom stereocenters. The molecular weight excluding hydrogens is 359 g/mol. The molecule has 150 valence electrons. The van der Waals surface area contributed by atoms with Crippen molar-refractivity contribution in [3.8, 4) is 0 Å². The van der Waals surface area contributed by atoms with Gasteiger partial charge in [0.25, 0.3) is 0 Å². The second-order valence-corrected chi connectivity index (χ2v) is 8.23. The number of anilines is 1. The van der Waals surface area contributed by atoms with Crippen molar-refractivity contribution < 1.29 is 14.3 Å². The molecule has 28 heavy (non-hydrogen) atoms. The van der Waals surface area contributed by atoms with Gasteiger partial charge in [-0.2, -0.15) is 0 Å². The highest BCUT2D eigenvalue weighted by Crippen LogP contribution is 2.34. The number of rotatable bonds is 5. The second kappa shape index (κ2) is 7.94. The molecule has 1 aromatic carbocycles. The summed E-state index contributed by atoms with van der Waals surface area (Å²) in [6.07, 6.45) is 11.2. The number of nitrogens with one attached hydrogen (secondary N) is 1. The standard InChI is InChI=1S/C22H27FN2O3/c23-18-11-17-20(12-19(18)24-15-6-2-1-3-7-15)25(16-8-4-5-9-16)13-14(22(17)28)10-21(26)27/h11-13,15-16,24H,1-10H2,(H,26,27). The third kappa shape index (κ3) is 3.77. The molecular formula is C22H27FN2O3. The number of aromatic nitrogens is 1. The molecule has 0 bridgehead atoms. The van der Waals surface area contributed by atoms with E-state index in [-0.39, 0.29) is 34.9 Å². The van der Waals surface area contributed by atoms with Gasteiger partial charge in [-0.05, 0) is 37.8 Å². The monoisotopic (exact) mass is 386 g/mol. The number of carboxylic acid groups (broad SMARTS) is 1. The number of nitrogens with zero attached hydrogens (tertiary/aromatic N) is 1. The van der Waals surface area contributed by atoms with Crippen molar-refractivity contribution in [2.24, 2.45) is 0 Å². The second-order valence-electron chi connectivity index (χ2n) is 8.23. The van der Waals surface area contributed by atoms with Gasteiger partial charge in [0, 0.05) is 29.2 Å². The highest BCUT2D eigenvalue weighted by molar-refractivity contribution is 5.84. The van der Waals surface area contributed by atoms with E-state index in [1.807, 2.05) is 4.57 Å². The maximum absolute atomic E-state index is 14.8. The van der Waals surface area contributed by atoms with Gasteiger partial charge in [-0.3, -0.25) is 9.59 Å². The number of aliphatic carboxylic acids is 1. The van der Waals surface area contributed by atoms with E-state index in [4.69, 9.17) is 5.11 Å². The molecule has 2 aromatic rings. The van der Waals surface area contributed by atoms with Crippen LogP contribution in [0.4, 0.5) is 10.1 Å². The molecule has 0 amide bonds. The van der Waals surface area contributed by atoms with Gasteiger partial charge in [-0.1, -0.05) is 32.1 Å². The Bertz CT molecular complexity index is 941. The van der Waals surface area contributed by atoms with Crippen LogP contribution < -0.4 is 10.7 Å². The minimum Gasteiger partial charge on any atom is -0.481 e. The minimum absolute atomic E-state index is 0.222. The lowest BCUT2D eigenvalue weighted by Gasteiger charge is -2.25. The third-order valence-corrected chi connectivity index (χ3v) is 6.22. The zero-order valence-electron chi connectivity index (χ0n) is 16.0. The Balaban J connectivity index is 1.82. The molecule has 1 aromatic heterocycles. The highest BCUT2D eigenvalue weighted by atomic mass is 19.1. The van der Waals surface area contributed by atoms with Gasteiger partial charge in [-0.25, -0.2) is 4.39 Å². The Labute approximate surface area is 163 Å². The van der Waals surface area contributed by atoms with Crippen LogP contribution in [0, 0.1) is 5.82 Å². The van der Waals surface area contributed by atoms with Crippen molar-refractivity contribution in [1.29, 1.82) is 0 Å². The number of hydrogen-bond acceptors (Lipinski definition) is 3. The molecule has 0 unspecified atom stereocenters. The van der Waals surface area contributed by atoms with Crippen molar-refractivity contribution in [2.75, 3.05) is 5.32 Å². The quantitative estimate of drug-likeness (QED) is 0.786. The predicted octanol–water partition coefficient (Wildman–Crippen LogP) is 4.63. The molecule has 1 heterocycles. The smallest absolute Gasteiger partial charge is 0.308 e. The molecule has 2 fully saturated rings. The van der Waals surface area contributed by atoms with Gasteiger partial charge in [0.1, 0.15) is 5.82 Å². The zero-order chi connectivity index (χ0) is 19.7. The van der Waals surface area contributed by atoms with Crippen LogP contribution in [0.2, 0.25) is 0 Å². The minimum atomic E-state index is -1.05. The topological polar surface area (TPSA) is 71.3 Å². The van der Waals surface area contributed by atoms with E-state index >= 15 is 0 Å². The van der Waals surface area contributed by atoms with Crippen LogP contribution in [-0.4, -0.2) is 21.7 Å². The Kier molecular flexibility index (Phi) is 5.38. The van der Waals surface area contributed by atoms with E-state index in [2.05, 4.69) is 5.32 Å². The summed E-state index contributed by atoms with van der Waals surface area (Å²) in [5.74, 6) is -1.49. The van der Waals surface area contributed by atoms with Crippen LogP contribution in [0.25, 0.3) is 10.9 Å². The van der Waals surface area contributed by atoms with Crippen LogP contribution in [-0.2, 0) is 11.2 Å². The van der Waals surface area contributed by atoms with E-state index in [9.17, 15) is 14.0 Å². The van der Waals surface area contributed by atoms with E-state index in [0.717, 1.165) is 51.4 Å². The Morgan fingerprint density at radius 1 is 1.11 bits per heavy atom. The van der Waals surface area contributed by atoms with Crippen LogP contribution >= 0.6 is 0 Å². The van der Waals surface area contributed by atoms with Crippen molar-refractivity contribution in [3.05, 3.63) is 39.9 Å². The summed E-state index contributed by atoms with van der Waals surface area (Å²) in [5.41, 5.74) is 0.983. The summed E-state index contributed by atoms with van der Waals surface area (Å²) in [5, 5.41) is 12.8. The number of halogens is 1. The fourth-order valence-electron chi connectivity index (χ4n) is 4.78. The Morgan fingerprint density at radius 3 is 2.46 bits per heavy atom. The number of benzene rings is 1. The van der Waals surface area contributed by atoms with Crippen molar-refractivity contribution in [1.82, 2.24) is 4.57 Å². The molecule has 2 N–H and O–H groups in total. The number of fused-ring (bicyclic) bond motifs is 1. The lowest BCUT2D eigenvalue weighted by Crippen LogP contribution is -2.24. The molecule has 2 aliphatic carbocycles. The first-order chi connectivity index (χ1) is 13.5. The molecule has 0 aliphatic heterocycles. The summed E-state index contributed by atoms with van der Waals surface area (Å²) in [6.45, 7) is 0. The van der Waals surface area contributed by atoms with E-state index in [1.165, 1.54) is 12.5 Å². The van der Waals surface area contributed by atoms with Gasteiger partial charge in [-0.15, -0.1) is 0 Å². The average molecular weight is 386 g/mol. The molecule has 0 saturated heterocycles. The maximum Gasteiger partial charge on any atom is 0.308 e. The Hall–Kier alpha value is -2.37. The predicted molar refractivity (Wildman–Crippen MR) is 108 cm³/mol. The summed E-state index contributed by atoms with van der Waals surface area (Å²) >= 11 is 0. The van der Waals surface area contributed by atoms with Crippen molar-refractivity contribution in [2.45, 2.75) is 76.3 Å². The highest BCUT2D eigenvalue weighted by Gasteiger charge is 2.23. The van der Waals surface area contributed by atoms with Crippen LogP contribution in [0.1, 0.15) is 69.4 Å². The summed E-state index contributed by atoms with van der Waals surface area (Å²) in [6, 6.07) is 3.53. The van der Waals surface area contributed by atoms with Crippen molar-refractivity contribution in [3.63, 3.8) is 0 Å². The molecule has 6 heteroatoms. The number of carbonyl (C=O) groups is 1. The number of pyridine rings is 1. The van der Waals surface area contributed by atoms with Gasteiger partial charge in [0.2, 0.25) is 0 Å². The summed E-state index contributed by atoms with van der Waals surface area (Å²) in [4.78, 5) is 24.0. The first-order valence-electron chi connectivity index (χ1n) is 10.4. The van der Waals surface area contributed by atoms with Gasteiger partial charge in [0.15, 0.2) is 5.43 Å². The van der Waals surface area contributed by atoms with Gasteiger partial charge in [0.05, 0.1) is 17.6 Å². The van der Waals surface area contributed by atoms with Crippen LogP contribution in [0.5, 0.6) is 0 Å². The Morgan fingerprint density at radius 2 is 1.79 bits per heavy atom. The lowest BCUT2D eigenvalue weighted by molar-refractivity contribution is -0.136. The normalized spacial score (nSPS) is 18.6.